The molecular weight excluding hydrogens is 499 g/mol. The van der Waals surface area contributed by atoms with Crippen LogP contribution >= 0.6 is 0 Å². The molecular formula is C30H37FN4O4. The second-order valence-corrected chi connectivity index (χ2v) is 10.4. The number of aliphatic hydroxyl groups is 1. The number of piperazine rings is 1. The van der Waals surface area contributed by atoms with Crippen LogP contribution in [0, 0.1) is 5.82 Å². The third-order valence-electron chi connectivity index (χ3n) is 7.89. The predicted octanol–water partition coefficient (Wildman–Crippen LogP) is 4.06. The summed E-state index contributed by atoms with van der Waals surface area (Å²) in [6.07, 6.45) is 5.55. The summed E-state index contributed by atoms with van der Waals surface area (Å²) < 4.78 is 27.1. The van der Waals surface area contributed by atoms with E-state index in [1.165, 1.54) is 6.07 Å². The minimum atomic E-state index is -1.04. The Kier molecular flexibility index (Phi) is 8.60. The highest BCUT2D eigenvalue weighted by atomic mass is 19.1. The lowest BCUT2D eigenvalue weighted by molar-refractivity contribution is -0.0893. The lowest BCUT2D eigenvalue weighted by Gasteiger charge is -2.41. The number of rotatable bonds is 9. The number of para-hydroxylation sites is 1. The summed E-state index contributed by atoms with van der Waals surface area (Å²) in [5.41, 5.74) is 0.910. The van der Waals surface area contributed by atoms with Gasteiger partial charge in [-0.15, -0.1) is 0 Å². The van der Waals surface area contributed by atoms with Gasteiger partial charge >= 0.3 is 0 Å². The summed E-state index contributed by atoms with van der Waals surface area (Å²) in [5, 5.41) is 15.0. The molecule has 0 unspecified atom stereocenters. The van der Waals surface area contributed by atoms with Gasteiger partial charge in [0.2, 0.25) is 0 Å². The van der Waals surface area contributed by atoms with Crippen molar-refractivity contribution in [1.29, 1.82) is 0 Å². The van der Waals surface area contributed by atoms with Gasteiger partial charge in [-0.25, -0.2) is 9.37 Å². The number of halogens is 1. The van der Waals surface area contributed by atoms with E-state index in [1.807, 2.05) is 39.8 Å². The molecule has 8 nitrogen and oxygen atoms in total. The van der Waals surface area contributed by atoms with Crippen molar-refractivity contribution < 1.29 is 23.8 Å². The van der Waals surface area contributed by atoms with Crippen LogP contribution < -0.4 is 10.1 Å². The molecule has 2 fully saturated rings. The van der Waals surface area contributed by atoms with E-state index < -0.39 is 11.4 Å². The highest BCUT2D eigenvalue weighted by Crippen LogP contribution is 2.41. The van der Waals surface area contributed by atoms with Gasteiger partial charge in [0, 0.05) is 44.8 Å². The summed E-state index contributed by atoms with van der Waals surface area (Å²) in [4.78, 5) is 20.6. The molecule has 1 aromatic heterocycles. The zero-order valence-electron chi connectivity index (χ0n) is 22.4. The average molecular weight is 537 g/mol. The summed E-state index contributed by atoms with van der Waals surface area (Å²) in [6, 6.07) is 15.7. The number of benzene rings is 2. The lowest BCUT2D eigenvalue weighted by Crippen LogP contribution is -2.54. The van der Waals surface area contributed by atoms with Crippen LogP contribution in [0.4, 0.5) is 4.39 Å². The number of nitrogens with one attached hydrogen (secondary N) is 1. The maximum Gasteiger partial charge on any atom is 0.275 e. The van der Waals surface area contributed by atoms with E-state index >= 15 is 0 Å². The van der Waals surface area contributed by atoms with Gasteiger partial charge in [-0.05, 0) is 25.0 Å². The number of ether oxygens (including phenoxy) is 2. The first-order chi connectivity index (χ1) is 19.0. The van der Waals surface area contributed by atoms with Crippen LogP contribution in [0.25, 0.3) is 11.3 Å². The Morgan fingerprint density at radius 1 is 1.18 bits per heavy atom. The topological polar surface area (TPSA) is 88.8 Å². The number of methoxy groups -OCH3 is 1. The molecule has 3 aromatic rings. The van der Waals surface area contributed by atoms with Crippen molar-refractivity contribution in [3.05, 3.63) is 72.4 Å². The number of imidazole rings is 1. The normalized spacial score (nSPS) is 23.5. The molecule has 39 heavy (non-hydrogen) atoms. The van der Waals surface area contributed by atoms with Gasteiger partial charge < -0.3 is 29.4 Å². The van der Waals surface area contributed by atoms with E-state index in [0.717, 1.165) is 24.8 Å². The van der Waals surface area contributed by atoms with Gasteiger partial charge in [-0.3, -0.25) is 4.79 Å². The Labute approximate surface area is 228 Å². The largest absolute Gasteiger partial charge is 0.490 e. The molecule has 2 aromatic carbocycles. The molecule has 2 aliphatic rings. The van der Waals surface area contributed by atoms with Crippen molar-refractivity contribution in [2.75, 3.05) is 40.0 Å². The fourth-order valence-corrected chi connectivity index (χ4v) is 5.95. The fraction of sp³-hybridized carbons (Fsp3) is 0.467. The number of aromatic nitrogens is 2. The highest BCUT2D eigenvalue weighted by molar-refractivity contribution is 5.98. The summed E-state index contributed by atoms with van der Waals surface area (Å²) in [7, 11) is 1.60. The molecule has 1 aliphatic carbocycles. The smallest absolute Gasteiger partial charge is 0.275 e. The van der Waals surface area contributed by atoms with Crippen molar-refractivity contribution in [1.82, 2.24) is 19.8 Å². The molecule has 2 heterocycles. The van der Waals surface area contributed by atoms with Crippen LogP contribution in [0.2, 0.25) is 0 Å². The monoisotopic (exact) mass is 536 g/mol. The first kappa shape index (κ1) is 27.3. The fourth-order valence-electron chi connectivity index (χ4n) is 5.95. The molecule has 1 amide bonds. The summed E-state index contributed by atoms with van der Waals surface area (Å²) in [6.45, 7) is 2.32. The minimum absolute atomic E-state index is 0.132. The van der Waals surface area contributed by atoms with Crippen molar-refractivity contribution in [3.63, 3.8) is 0 Å². The van der Waals surface area contributed by atoms with Crippen LogP contribution in [0.15, 0.2) is 60.9 Å². The Morgan fingerprint density at radius 3 is 2.77 bits per heavy atom. The highest BCUT2D eigenvalue weighted by Gasteiger charge is 2.42. The van der Waals surface area contributed by atoms with Crippen LogP contribution in [0.3, 0.4) is 0 Å². The van der Waals surface area contributed by atoms with Crippen LogP contribution in [-0.4, -0.2) is 77.1 Å². The Balaban J connectivity index is 1.43. The molecule has 0 bridgehead atoms. The molecule has 208 valence electrons. The Bertz CT molecular complexity index is 1250. The van der Waals surface area contributed by atoms with Gasteiger partial charge in [-0.2, -0.15) is 0 Å². The van der Waals surface area contributed by atoms with E-state index in [9.17, 15) is 14.3 Å². The zero-order valence-corrected chi connectivity index (χ0v) is 22.4. The predicted molar refractivity (Wildman–Crippen MR) is 146 cm³/mol. The number of hydrogen-bond acceptors (Lipinski definition) is 6. The Hall–Kier alpha value is -3.27. The number of carbonyl (C=O) groups excluding carboxylic acids is 1. The number of carbonyl (C=O) groups is 1. The summed E-state index contributed by atoms with van der Waals surface area (Å²) >= 11 is 0. The number of amides is 1. The van der Waals surface area contributed by atoms with E-state index in [2.05, 4.69) is 10.3 Å². The number of nitrogens with zero attached hydrogens (tertiary/aromatic N) is 3. The maximum atomic E-state index is 14.1. The van der Waals surface area contributed by atoms with Crippen LogP contribution in [0.5, 0.6) is 5.75 Å². The van der Waals surface area contributed by atoms with Gasteiger partial charge in [0.25, 0.3) is 5.91 Å². The first-order valence-corrected chi connectivity index (χ1v) is 13.7. The van der Waals surface area contributed by atoms with Gasteiger partial charge in [0.05, 0.1) is 31.3 Å². The minimum Gasteiger partial charge on any atom is -0.490 e. The van der Waals surface area contributed by atoms with Crippen molar-refractivity contribution in [2.45, 2.75) is 49.8 Å². The molecule has 1 aliphatic heterocycles. The molecule has 1 saturated carbocycles. The molecule has 9 heteroatoms. The molecule has 3 atom stereocenters. The standard InChI is InChI=1S/C30H37FN4O4/c1-38-20-30(37)15-8-7-13-26(30)35-21-33-27(28(35)22-9-3-2-4-10-22)29(36)34-17-16-32-19-23(34)14-18-39-25-12-6-5-11-24(25)31/h2-6,9-12,21,23,26,32,37H,7-8,13-20H2,1H3/t23-,26-,30-/m1/s1. The van der Waals surface area contributed by atoms with Crippen molar-refractivity contribution >= 4 is 5.91 Å². The molecule has 1 saturated heterocycles. The maximum absolute atomic E-state index is 14.1. The van der Waals surface area contributed by atoms with E-state index in [4.69, 9.17) is 9.47 Å². The third kappa shape index (κ3) is 5.85. The lowest BCUT2D eigenvalue weighted by atomic mass is 9.80. The molecule has 0 radical (unpaired) electrons. The molecule has 5 rings (SSSR count). The Morgan fingerprint density at radius 2 is 1.97 bits per heavy atom. The van der Waals surface area contributed by atoms with Crippen LogP contribution in [-0.2, 0) is 4.74 Å². The van der Waals surface area contributed by atoms with E-state index in [-0.39, 0.29) is 37.0 Å². The van der Waals surface area contributed by atoms with E-state index in [1.54, 1.807) is 31.6 Å². The van der Waals surface area contributed by atoms with Gasteiger partial charge in [0.1, 0.15) is 5.60 Å². The molecule has 0 spiro atoms. The SMILES string of the molecule is COC[C@]1(O)CCCC[C@H]1n1cnc(C(=O)N2CCNC[C@H]2CCOc2ccccc2F)c1-c1ccccc1. The average Bonchev–Trinajstić information content (AvgIpc) is 3.39. The third-order valence-corrected chi connectivity index (χ3v) is 7.89. The number of hydrogen-bond donors (Lipinski definition) is 2. The zero-order chi connectivity index (χ0) is 27.2. The first-order valence-electron chi connectivity index (χ1n) is 13.7. The summed E-state index contributed by atoms with van der Waals surface area (Å²) in [5.74, 6) is -0.349. The van der Waals surface area contributed by atoms with Crippen LogP contribution in [0.1, 0.15) is 48.6 Å². The van der Waals surface area contributed by atoms with Crippen molar-refractivity contribution in [3.8, 4) is 17.0 Å². The molecule has 2 N–H and O–H groups in total. The second kappa shape index (κ2) is 12.3. The quantitative estimate of drug-likeness (QED) is 0.429. The van der Waals surface area contributed by atoms with Gasteiger partial charge in [0.15, 0.2) is 17.3 Å². The van der Waals surface area contributed by atoms with Crippen molar-refractivity contribution in [2.24, 2.45) is 0 Å². The van der Waals surface area contributed by atoms with E-state index in [0.29, 0.717) is 43.9 Å². The van der Waals surface area contributed by atoms with Gasteiger partial charge in [-0.1, -0.05) is 55.3 Å². The second-order valence-electron chi connectivity index (χ2n) is 10.4.